The summed E-state index contributed by atoms with van der Waals surface area (Å²) in [5, 5.41) is 12.8. The third kappa shape index (κ3) is 2.68. The van der Waals surface area contributed by atoms with E-state index >= 15 is 0 Å². The summed E-state index contributed by atoms with van der Waals surface area (Å²) in [4.78, 5) is 18.0. The summed E-state index contributed by atoms with van der Waals surface area (Å²) >= 11 is 0. The van der Waals surface area contributed by atoms with Crippen molar-refractivity contribution >= 4 is 5.91 Å². The first-order valence-corrected chi connectivity index (χ1v) is 6.14. The van der Waals surface area contributed by atoms with Gasteiger partial charge in [0.2, 0.25) is 5.91 Å². The molecule has 1 aromatic rings. The summed E-state index contributed by atoms with van der Waals surface area (Å²) in [7, 11) is 1.74. The van der Waals surface area contributed by atoms with Gasteiger partial charge in [0, 0.05) is 26.3 Å². The van der Waals surface area contributed by atoms with Crippen LogP contribution >= 0.6 is 0 Å². The number of aryl methyl sites for hydroxylation is 1. The molecule has 1 aromatic heterocycles. The topological polar surface area (TPSA) is 65.5 Å². The van der Waals surface area contributed by atoms with Crippen LogP contribution in [0.25, 0.3) is 0 Å². The normalized spacial score (nSPS) is 23.1. The van der Waals surface area contributed by atoms with Crippen molar-refractivity contribution in [2.45, 2.75) is 25.5 Å². The van der Waals surface area contributed by atoms with Gasteiger partial charge < -0.3 is 15.3 Å². The molecule has 1 fully saturated rings. The number of amides is 1. The van der Waals surface area contributed by atoms with Gasteiger partial charge in [0.1, 0.15) is 0 Å². The first kappa shape index (κ1) is 13.0. The van der Waals surface area contributed by atoms with E-state index < -0.39 is 6.10 Å². The minimum Gasteiger partial charge on any atom is -0.390 e. The number of β-amino-alcohol motifs (C(OH)–C–C–N with tert-alkyl or cyclic N) is 1. The van der Waals surface area contributed by atoms with Gasteiger partial charge in [0.05, 0.1) is 24.3 Å². The molecule has 0 bridgehead atoms. The lowest BCUT2D eigenvalue weighted by Gasteiger charge is -2.26. The van der Waals surface area contributed by atoms with E-state index in [1.54, 1.807) is 18.1 Å². The Morgan fingerprint density at radius 3 is 3.00 bits per heavy atom. The number of rotatable bonds is 3. The summed E-state index contributed by atoms with van der Waals surface area (Å²) in [6.45, 7) is 3.14. The van der Waals surface area contributed by atoms with Crippen molar-refractivity contribution in [3.8, 4) is 0 Å². The number of nitrogens with zero attached hydrogens (tertiary/aromatic N) is 2. The average molecular weight is 249 g/mol. The molecule has 5 nitrogen and oxygen atoms in total. The second-order valence-corrected chi connectivity index (χ2v) is 4.74. The maximum atomic E-state index is 12.1. The van der Waals surface area contributed by atoms with E-state index in [0.717, 1.165) is 11.3 Å². The zero-order chi connectivity index (χ0) is 13.1. The summed E-state index contributed by atoms with van der Waals surface area (Å²) in [6, 6.07) is 3.67. The Hall–Kier alpha value is -1.46. The Bertz CT molecular complexity index is 436. The number of carbonyl (C=O) groups is 1. The Kier molecular flexibility index (Phi) is 3.93. The Balaban J connectivity index is 2.02. The Morgan fingerprint density at radius 2 is 2.39 bits per heavy atom. The molecule has 1 amide bonds. The van der Waals surface area contributed by atoms with Crippen LogP contribution in [0, 0.1) is 6.92 Å². The Labute approximate surface area is 107 Å². The molecule has 0 saturated carbocycles. The van der Waals surface area contributed by atoms with Crippen LogP contribution in [0.15, 0.2) is 18.3 Å². The molecule has 2 rings (SSSR count). The number of hydrogen-bond donors (Lipinski definition) is 2. The van der Waals surface area contributed by atoms with Crippen molar-refractivity contribution in [1.29, 1.82) is 0 Å². The maximum absolute atomic E-state index is 12.1. The van der Waals surface area contributed by atoms with E-state index in [1.165, 1.54) is 0 Å². The molecule has 0 unspecified atom stereocenters. The minimum atomic E-state index is -0.483. The first-order chi connectivity index (χ1) is 8.59. The molecule has 2 N–H and O–H groups in total. The lowest BCUT2D eigenvalue weighted by molar-refractivity contribution is -0.132. The fraction of sp³-hybridized carbons (Fsp3) is 0.538. The minimum absolute atomic E-state index is 0.00968. The van der Waals surface area contributed by atoms with Gasteiger partial charge in [0.15, 0.2) is 0 Å². The predicted molar refractivity (Wildman–Crippen MR) is 68.1 cm³/mol. The van der Waals surface area contributed by atoms with Gasteiger partial charge in [-0.25, -0.2) is 0 Å². The summed E-state index contributed by atoms with van der Waals surface area (Å²) in [6.07, 6.45) is 1.50. The number of aliphatic hydroxyl groups excluding tert-OH is 1. The molecule has 5 heteroatoms. The van der Waals surface area contributed by atoms with E-state index in [1.807, 2.05) is 19.1 Å². The van der Waals surface area contributed by atoms with Crippen molar-refractivity contribution in [3.05, 3.63) is 29.6 Å². The van der Waals surface area contributed by atoms with Crippen LogP contribution in [0.5, 0.6) is 0 Å². The fourth-order valence-electron chi connectivity index (χ4n) is 2.20. The predicted octanol–water partition coefficient (Wildman–Crippen LogP) is -0.276. The molecular weight excluding hydrogens is 230 g/mol. The molecule has 1 aliphatic rings. The summed E-state index contributed by atoms with van der Waals surface area (Å²) in [5.74, 6) is -0.00968. The van der Waals surface area contributed by atoms with E-state index in [-0.39, 0.29) is 18.4 Å². The van der Waals surface area contributed by atoms with Gasteiger partial charge in [-0.15, -0.1) is 0 Å². The van der Waals surface area contributed by atoms with Crippen LogP contribution in [0.1, 0.15) is 11.3 Å². The Morgan fingerprint density at radius 1 is 1.61 bits per heavy atom. The lowest BCUT2D eigenvalue weighted by Crippen LogP contribution is -2.45. The third-order valence-electron chi connectivity index (χ3n) is 3.48. The molecular formula is C13H19N3O2. The molecule has 2 atom stereocenters. The van der Waals surface area contributed by atoms with Crippen molar-refractivity contribution < 1.29 is 9.90 Å². The van der Waals surface area contributed by atoms with Crippen LogP contribution in [-0.4, -0.2) is 53.2 Å². The molecule has 1 aliphatic heterocycles. The highest BCUT2D eigenvalue weighted by Gasteiger charge is 2.31. The smallest absolute Gasteiger partial charge is 0.228 e. The second kappa shape index (κ2) is 5.46. The average Bonchev–Trinajstić information content (AvgIpc) is 2.77. The van der Waals surface area contributed by atoms with Crippen LogP contribution in [0.3, 0.4) is 0 Å². The fourth-order valence-corrected chi connectivity index (χ4v) is 2.20. The molecule has 2 heterocycles. The number of hydrogen-bond acceptors (Lipinski definition) is 4. The van der Waals surface area contributed by atoms with E-state index in [9.17, 15) is 9.90 Å². The zero-order valence-electron chi connectivity index (χ0n) is 10.8. The monoisotopic (exact) mass is 249 g/mol. The molecule has 0 radical (unpaired) electrons. The maximum Gasteiger partial charge on any atom is 0.228 e. The SMILES string of the molecule is Cc1cccnc1CC(=O)N(C)[C@H]1CNC[C@@H]1O. The highest BCUT2D eigenvalue weighted by atomic mass is 16.3. The van der Waals surface area contributed by atoms with E-state index in [0.29, 0.717) is 13.1 Å². The highest BCUT2D eigenvalue weighted by molar-refractivity contribution is 5.78. The van der Waals surface area contributed by atoms with Gasteiger partial charge in [-0.2, -0.15) is 0 Å². The van der Waals surface area contributed by atoms with Gasteiger partial charge in [-0.3, -0.25) is 9.78 Å². The van der Waals surface area contributed by atoms with Crippen LogP contribution < -0.4 is 5.32 Å². The van der Waals surface area contributed by atoms with Gasteiger partial charge in [-0.1, -0.05) is 6.07 Å². The molecule has 98 valence electrons. The number of pyridine rings is 1. The number of aromatic nitrogens is 1. The quantitative estimate of drug-likeness (QED) is 0.773. The van der Waals surface area contributed by atoms with Crippen LogP contribution in [-0.2, 0) is 11.2 Å². The second-order valence-electron chi connectivity index (χ2n) is 4.74. The van der Waals surface area contributed by atoms with E-state index in [2.05, 4.69) is 10.3 Å². The largest absolute Gasteiger partial charge is 0.390 e. The van der Waals surface area contributed by atoms with Crippen molar-refractivity contribution in [1.82, 2.24) is 15.2 Å². The van der Waals surface area contributed by atoms with Crippen LogP contribution in [0.4, 0.5) is 0 Å². The van der Waals surface area contributed by atoms with Crippen LogP contribution in [0.2, 0.25) is 0 Å². The van der Waals surface area contributed by atoms with Crippen molar-refractivity contribution in [2.24, 2.45) is 0 Å². The van der Waals surface area contributed by atoms with Crippen molar-refractivity contribution in [2.75, 3.05) is 20.1 Å². The van der Waals surface area contributed by atoms with Gasteiger partial charge in [0.25, 0.3) is 0 Å². The van der Waals surface area contributed by atoms with E-state index in [4.69, 9.17) is 0 Å². The number of carbonyl (C=O) groups excluding carboxylic acids is 1. The highest BCUT2D eigenvalue weighted by Crippen LogP contribution is 2.11. The number of nitrogens with one attached hydrogen (secondary N) is 1. The summed E-state index contributed by atoms with van der Waals surface area (Å²) in [5.41, 5.74) is 1.82. The first-order valence-electron chi connectivity index (χ1n) is 6.14. The zero-order valence-corrected chi connectivity index (χ0v) is 10.8. The van der Waals surface area contributed by atoms with Gasteiger partial charge >= 0.3 is 0 Å². The molecule has 0 aromatic carbocycles. The standard InChI is InChI=1S/C13H19N3O2/c1-9-4-3-5-15-10(9)6-13(18)16(2)11-7-14-8-12(11)17/h3-5,11-12,14,17H,6-8H2,1-2H3/t11-,12-/m0/s1. The number of aliphatic hydroxyl groups is 1. The summed E-state index contributed by atoms with van der Waals surface area (Å²) < 4.78 is 0. The molecule has 18 heavy (non-hydrogen) atoms. The lowest BCUT2D eigenvalue weighted by atomic mass is 10.1. The van der Waals surface area contributed by atoms with Gasteiger partial charge in [-0.05, 0) is 18.6 Å². The number of likely N-dealkylation sites (N-methyl/N-ethyl adjacent to an activating group) is 1. The molecule has 0 aliphatic carbocycles. The molecule has 1 saturated heterocycles. The molecule has 0 spiro atoms. The third-order valence-corrected chi connectivity index (χ3v) is 3.48. The van der Waals surface area contributed by atoms with Crippen molar-refractivity contribution in [3.63, 3.8) is 0 Å².